The summed E-state index contributed by atoms with van der Waals surface area (Å²) < 4.78 is 21.3. The second-order valence-electron chi connectivity index (χ2n) is 9.32. The lowest BCUT2D eigenvalue weighted by molar-refractivity contribution is 0.0979. The SMILES string of the molecule is CC(O)(c1cn(C(c2ccccc2)(c2ccccc2)c2ccccc2)cn1)c1cccc2cc(F)oc12. The zero-order valence-corrected chi connectivity index (χ0v) is 20.3. The molecular formula is C32H25FN2O2. The van der Waals surface area contributed by atoms with Crippen LogP contribution in [0.1, 0.15) is 34.9 Å². The quantitative estimate of drug-likeness (QED) is 0.261. The maximum atomic E-state index is 13.9. The molecule has 6 rings (SSSR count). The molecule has 1 atom stereocenters. The van der Waals surface area contributed by atoms with E-state index in [1.165, 1.54) is 6.07 Å². The van der Waals surface area contributed by atoms with Gasteiger partial charge in [-0.05, 0) is 23.6 Å². The number of aliphatic hydroxyl groups is 1. The average molecular weight is 489 g/mol. The Bertz CT molecular complexity index is 1560. The zero-order chi connectivity index (χ0) is 25.5. The van der Waals surface area contributed by atoms with E-state index in [0.29, 0.717) is 22.2 Å². The first-order valence-electron chi connectivity index (χ1n) is 12.1. The van der Waals surface area contributed by atoms with E-state index >= 15 is 0 Å². The number of rotatable bonds is 6. The molecule has 37 heavy (non-hydrogen) atoms. The molecule has 182 valence electrons. The Hall–Kier alpha value is -4.48. The molecule has 4 nitrogen and oxygen atoms in total. The van der Waals surface area contributed by atoms with Gasteiger partial charge in [-0.15, -0.1) is 0 Å². The Labute approximate surface area is 214 Å². The predicted octanol–water partition coefficient (Wildman–Crippen LogP) is 6.86. The molecule has 5 heteroatoms. The van der Waals surface area contributed by atoms with Crippen LogP contribution in [0.5, 0.6) is 0 Å². The maximum Gasteiger partial charge on any atom is 0.278 e. The molecule has 0 aliphatic rings. The standard InChI is InChI=1S/C32H25FN2O2/c1-31(36,27-19-11-12-23-20-29(33)37-30(23)27)28-21-35(22-34-28)32(24-13-5-2-6-14-24,25-15-7-3-8-16-25)26-17-9-4-10-18-26/h2-22,36H,1H3. The van der Waals surface area contributed by atoms with E-state index in [1.54, 1.807) is 31.5 Å². The van der Waals surface area contributed by atoms with Crippen molar-refractivity contribution in [2.75, 3.05) is 0 Å². The minimum Gasteiger partial charge on any atom is -0.431 e. The second kappa shape index (κ2) is 8.87. The van der Waals surface area contributed by atoms with Gasteiger partial charge in [0.15, 0.2) is 0 Å². The first-order valence-corrected chi connectivity index (χ1v) is 12.1. The fourth-order valence-electron chi connectivity index (χ4n) is 5.30. The molecule has 0 amide bonds. The third kappa shape index (κ3) is 3.67. The Balaban J connectivity index is 1.60. The number of benzene rings is 4. The van der Waals surface area contributed by atoms with Crippen LogP contribution in [0.15, 0.2) is 132 Å². The van der Waals surface area contributed by atoms with E-state index in [9.17, 15) is 9.50 Å². The van der Waals surface area contributed by atoms with Crippen molar-refractivity contribution in [1.29, 1.82) is 0 Å². The number of para-hydroxylation sites is 1. The third-order valence-corrected chi connectivity index (χ3v) is 7.08. The molecule has 0 spiro atoms. The topological polar surface area (TPSA) is 51.2 Å². The first-order chi connectivity index (χ1) is 18.0. The van der Waals surface area contributed by atoms with Crippen LogP contribution < -0.4 is 0 Å². The van der Waals surface area contributed by atoms with E-state index in [4.69, 9.17) is 9.40 Å². The lowest BCUT2D eigenvalue weighted by Crippen LogP contribution is -2.37. The number of hydrogen-bond acceptors (Lipinski definition) is 3. The van der Waals surface area contributed by atoms with Crippen LogP contribution in [0.25, 0.3) is 11.0 Å². The van der Waals surface area contributed by atoms with Crippen molar-refractivity contribution >= 4 is 11.0 Å². The van der Waals surface area contributed by atoms with Crippen LogP contribution in [0.4, 0.5) is 4.39 Å². The largest absolute Gasteiger partial charge is 0.431 e. The number of aromatic nitrogens is 2. The van der Waals surface area contributed by atoms with Crippen molar-refractivity contribution in [2.24, 2.45) is 0 Å². The van der Waals surface area contributed by atoms with Gasteiger partial charge in [-0.1, -0.05) is 109 Å². The number of nitrogens with zero attached hydrogens (tertiary/aromatic N) is 2. The zero-order valence-electron chi connectivity index (χ0n) is 20.3. The van der Waals surface area contributed by atoms with E-state index < -0.39 is 17.2 Å². The van der Waals surface area contributed by atoms with Gasteiger partial charge in [0.1, 0.15) is 16.7 Å². The summed E-state index contributed by atoms with van der Waals surface area (Å²) >= 11 is 0. The van der Waals surface area contributed by atoms with Gasteiger partial charge in [-0.2, -0.15) is 4.39 Å². The molecule has 2 aromatic heterocycles. The minimum absolute atomic E-state index is 0.306. The molecule has 0 bridgehead atoms. The average Bonchev–Trinajstić information content (AvgIpc) is 3.58. The van der Waals surface area contributed by atoms with Crippen LogP contribution in [-0.2, 0) is 11.1 Å². The van der Waals surface area contributed by atoms with Crippen molar-refractivity contribution in [2.45, 2.75) is 18.1 Å². The summed E-state index contributed by atoms with van der Waals surface area (Å²) in [6.45, 7) is 1.66. The molecule has 0 saturated carbocycles. The van der Waals surface area contributed by atoms with Gasteiger partial charge >= 0.3 is 0 Å². The lowest BCUT2D eigenvalue weighted by Gasteiger charge is -2.37. The molecule has 0 aliphatic heterocycles. The highest BCUT2D eigenvalue weighted by Gasteiger charge is 2.40. The molecule has 4 aromatic carbocycles. The van der Waals surface area contributed by atoms with Gasteiger partial charge in [0, 0.05) is 23.2 Å². The summed E-state index contributed by atoms with van der Waals surface area (Å²) in [4.78, 5) is 4.70. The summed E-state index contributed by atoms with van der Waals surface area (Å²) in [7, 11) is 0. The predicted molar refractivity (Wildman–Crippen MR) is 142 cm³/mol. The number of furan rings is 1. The van der Waals surface area contributed by atoms with E-state index in [2.05, 4.69) is 36.4 Å². The van der Waals surface area contributed by atoms with E-state index in [1.807, 2.05) is 65.4 Å². The van der Waals surface area contributed by atoms with E-state index in [0.717, 1.165) is 16.7 Å². The highest BCUT2D eigenvalue weighted by molar-refractivity contribution is 5.81. The van der Waals surface area contributed by atoms with Crippen LogP contribution in [0, 0.1) is 6.01 Å². The van der Waals surface area contributed by atoms with Crippen molar-refractivity contribution in [3.63, 3.8) is 0 Å². The molecule has 1 N–H and O–H groups in total. The number of imidazole rings is 1. The molecule has 0 radical (unpaired) electrons. The van der Waals surface area contributed by atoms with Crippen LogP contribution in [0.2, 0.25) is 0 Å². The third-order valence-electron chi connectivity index (χ3n) is 7.08. The van der Waals surface area contributed by atoms with Gasteiger partial charge in [-0.3, -0.25) is 0 Å². The highest BCUT2D eigenvalue weighted by atomic mass is 19.1. The molecule has 6 aromatic rings. The molecule has 0 fully saturated rings. The summed E-state index contributed by atoms with van der Waals surface area (Å²) in [5.41, 5.74) is 2.02. The van der Waals surface area contributed by atoms with Crippen LogP contribution >= 0.6 is 0 Å². The lowest BCUT2D eigenvalue weighted by atomic mass is 9.76. The van der Waals surface area contributed by atoms with Gasteiger partial charge in [-0.25, -0.2) is 4.98 Å². The Morgan fingerprint density at radius 1 is 0.757 bits per heavy atom. The van der Waals surface area contributed by atoms with Gasteiger partial charge in [0.05, 0.1) is 12.0 Å². The van der Waals surface area contributed by atoms with Gasteiger partial charge in [0.25, 0.3) is 6.01 Å². The van der Waals surface area contributed by atoms with Crippen LogP contribution in [-0.4, -0.2) is 14.7 Å². The number of hydrogen-bond donors (Lipinski definition) is 1. The van der Waals surface area contributed by atoms with Gasteiger partial charge < -0.3 is 14.1 Å². The number of halogens is 1. The minimum atomic E-state index is -1.54. The smallest absolute Gasteiger partial charge is 0.278 e. The first kappa shape index (κ1) is 23.0. The molecule has 0 saturated heterocycles. The molecular weight excluding hydrogens is 463 g/mol. The normalized spacial score (nSPS) is 13.5. The summed E-state index contributed by atoms with van der Waals surface area (Å²) in [5, 5.41) is 12.4. The molecule has 1 unspecified atom stereocenters. The number of fused-ring (bicyclic) bond motifs is 1. The van der Waals surface area contributed by atoms with Crippen molar-refractivity contribution in [3.8, 4) is 0 Å². The summed E-state index contributed by atoms with van der Waals surface area (Å²) in [6.07, 6.45) is 3.62. The fraction of sp³-hybridized carbons (Fsp3) is 0.0938. The molecule has 2 heterocycles. The van der Waals surface area contributed by atoms with Crippen molar-refractivity contribution in [3.05, 3.63) is 162 Å². The van der Waals surface area contributed by atoms with Crippen molar-refractivity contribution in [1.82, 2.24) is 9.55 Å². The Morgan fingerprint density at radius 2 is 1.30 bits per heavy atom. The van der Waals surface area contributed by atoms with E-state index in [-0.39, 0.29) is 0 Å². The van der Waals surface area contributed by atoms with Crippen LogP contribution in [0.3, 0.4) is 0 Å². The summed E-state index contributed by atoms with van der Waals surface area (Å²) in [5.74, 6) is 0. The Kier molecular flexibility index (Phi) is 5.50. The van der Waals surface area contributed by atoms with Gasteiger partial charge in [0.2, 0.25) is 0 Å². The van der Waals surface area contributed by atoms with Crippen molar-refractivity contribution < 1.29 is 13.9 Å². The summed E-state index contributed by atoms with van der Waals surface area (Å²) in [6, 6.07) is 36.6. The molecule has 0 aliphatic carbocycles. The fourth-order valence-corrected chi connectivity index (χ4v) is 5.30. The highest BCUT2D eigenvalue weighted by Crippen LogP contribution is 2.42. The second-order valence-corrected chi connectivity index (χ2v) is 9.32. The maximum absolute atomic E-state index is 13.9. The Morgan fingerprint density at radius 3 is 1.84 bits per heavy atom. The monoisotopic (exact) mass is 488 g/mol.